The van der Waals surface area contributed by atoms with Crippen molar-refractivity contribution in [3.63, 3.8) is 0 Å². The third-order valence-corrected chi connectivity index (χ3v) is 2.68. The van der Waals surface area contributed by atoms with E-state index < -0.39 is 0 Å². The van der Waals surface area contributed by atoms with Crippen molar-refractivity contribution >= 4 is 21.8 Å². The first-order valence-corrected chi connectivity index (χ1v) is 5.85. The molecule has 2 aromatic rings. The first kappa shape index (κ1) is 12.4. The molecule has 0 unspecified atom stereocenters. The molecule has 0 saturated heterocycles. The molecule has 0 bridgehead atoms. The van der Waals surface area contributed by atoms with Crippen LogP contribution in [0, 0.1) is 0 Å². The Morgan fingerprint density at radius 3 is 2.89 bits per heavy atom. The maximum Gasteiger partial charge on any atom is 0.173 e. The normalized spacial score (nSPS) is 11.3. The van der Waals surface area contributed by atoms with Gasteiger partial charge >= 0.3 is 0 Å². The van der Waals surface area contributed by atoms with E-state index >= 15 is 0 Å². The predicted octanol–water partition coefficient (Wildman–Crippen LogP) is 2.73. The Labute approximate surface area is 112 Å². The van der Waals surface area contributed by atoms with Crippen molar-refractivity contribution in [3.05, 3.63) is 52.8 Å². The molecule has 3 N–H and O–H groups in total. The number of benzene rings is 1. The van der Waals surface area contributed by atoms with Gasteiger partial charge < -0.3 is 15.7 Å². The van der Waals surface area contributed by atoms with Gasteiger partial charge in [0.1, 0.15) is 11.5 Å². The molecule has 0 radical (unpaired) electrons. The molecular formula is C12H10BrN3O2. The second-order valence-electron chi connectivity index (χ2n) is 3.42. The third-order valence-electron chi connectivity index (χ3n) is 2.19. The number of hydrogen-bond acceptors (Lipinski definition) is 4. The van der Waals surface area contributed by atoms with E-state index in [4.69, 9.17) is 15.7 Å². The Hall–Kier alpha value is -2.08. The lowest BCUT2D eigenvalue weighted by Crippen LogP contribution is -2.14. The summed E-state index contributed by atoms with van der Waals surface area (Å²) in [7, 11) is 0. The number of oxime groups is 1. The number of nitrogens with zero attached hydrogens (tertiary/aromatic N) is 2. The first-order valence-electron chi connectivity index (χ1n) is 5.06. The summed E-state index contributed by atoms with van der Waals surface area (Å²) in [5, 5.41) is 11.7. The van der Waals surface area contributed by atoms with Crippen LogP contribution in [0.5, 0.6) is 11.5 Å². The molecule has 1 heterocycles. The van der Waals surface area contributed by atoms with E-state index in [1.54, 1.807) is 42.7 Å². The second kappa shape index (κ2) is 5.50. The fourth-order valence-electron chi connectivity index (χ4n) is 1.38. The number of halogens is 1. The number of nitrogens with two attached hydrogens (primary N) is 1. The molecule has 6 heteroatoms. The van der Waals surface area contributed by atoms with E-state index in [0.29, 0.717) is 17.1 Å². The Morgan fingerprint density at radius 2 is 2.22 bits per heavy atom. The van der Waals surface area contributed by atoms with Crippen LogP contribution in [0.15, 0.2) is 52.4 Å². The highest BCUT2D eigenvalue weighted by atomic mass is 79.9. The monoisotopic (exact) mass is 307 g/mol. The van der Waals surface area contributed by atoms with Gasteiger partial charge in [0.2, 0.25) is 0 Å². The van der Waals surface area contributed by atoms with E-state index in [0.717, 1.165) is 4.47 Å². The summed E-state index contributed by atoms with van der Waals surface area (Å²) in [4.78, 5) is 3.95. The first-order chi connectivity index (χ1) is 8.70. The minimum absolute atomic E-state index is 0.0126. The maximum absolute atomic E-state index is 8.73. The number of pyridine rings is 1. The zero-order valence-electron chi connectivity index (χ0n) is 9.25. The highest BCUT2D eigenvalue weighted by Gasteiger charge is 2.10. The Morgan fingerprint density at radius 1 is 1.39 bits per heavy atom. The molecule has 0 fully saturated rings. The zero-order valence-corrected chi connectivity index (χ0v) is 10.8. The van der Waals surface area contributed by atoms with E-state index in [1.165, 1.54) is 0 Å². The van der Waals surface area contributed by atoms with Gasteiger partial charge in [-0.1, -0.05) is 21.1 Å². The van der Waals surface area contributed by atoms with Crippen molar-refractivity contribution in [2.45, 2.75) is 0 Å². The Balaban J connectivity index is 2.40. The number of amidine groups is 1. The molecule has 0 aliphatic rings. The summed E-state index contributed by atoms with van der Waals surface area (Å²) >= 11 is 3.34. The zero-order chi connectivity index (χ0) is 13.0. The van der Waals surface area contributed by atoms with E-state index in [1.807, 2.05) is 0 Å². The summed E-state index contributed by atoms with van der Waals surface area (Å²) in [6, 6.07) is 8.75. The smallest absolute Gasteiger partial charge is 0.173 e. The minimum atomic E-state index is -0.0126. The van der Waals surface area contributed by atoms with Crippen LogP contribution in [-0.2, 0) is 0 Å². The molecular weight excluding hydrogens is 298 g/mol. The van der Waals surface area contributed by atoms with Crippen LogP contribution in [0.2, 0.25) is 0 Å². The molecule has 1 aromatic heterocycles. The molecule has 0 atom stereocenters. The quantitative estimate of drug-likeness (QED) is 0.395. The number of hydrogen-bond donors (Lipinski definition) is 2. The van der Waals surface area contributed by atoms with Crippen LogP contribution < -0.4 is 10.5 Å². The van der Waals surface area contributed by atoms with E-state index in [-0.39, 0.29) is 5.84 Å². The van der Waals surface area contributed by atoms with Crippen molar-refractivity contribution in [1.29, 1.82) is 0 Å². The summed E-state index contributed by atoms with van der Waals surface area (Å²) in [5.74, 6) is 1.04. The fraction of sp³-hybridized carbons (Fsp3) is 0. The number of aromatic nitrogens is 1. The lowest BCUT2D eigenvalue weighted by atomic mass is 10.2. The molecule has 1 aromatic carbocycles. The lowest BCUT2D eigenvalue weighted by Gasteiger charge is -2.10. The molecule has 0 amide bonds. The number of rotatable bonds is 3. The van der Waals surface area contributed by atoms with Gasteiger partial charge in [-0.15, -0.1) is 0 Å². The average Bonchev–Trinajstić information content (AvgIpc) is 2.39. The van der Waals surface area contributed by atoms with Gasteiger partial charge in [-0.25, -0.2) is 0 Å². The maximum atomic E-state index is 8.73. The molecule has 5 nitrogen and oxygen atoms in total. The Bertz CT molecular complexity index is 573. The molecule has 18 heavy (non-hydrogen) atoms. The summed E-state index contributed by atoms with van der Waals surface area (Å²) in [6.07, 6.45) is 3.23. The van der Waals surface area contributed by atoms with Crippen LogP contribution in [0.1, 0.15) is 5.56 Å². The van der Waals surface area contributed by atoms with Gasteiger partial charge in [0.15, 0.2) is 5.84 Å². The molecule has 2 rings (SSSR count). The summed E-state index contributed by atoms with van der Waals surface area (Å²) < 4.78 is 6.48. The van der Waals surface area contributed by atoms with Crippen LogP contribution in [0.25, 0.3) is 0 Å². The van der Waals surface area contributed by atoms with Crippen molar-refractivity contribution < 1.29 is 9.94 Å². The van der Waals surface area contributed by atoms with Crippen molar-refractivity contribution in [2.75, 3.05) is 0 Å². The highest BCUT2D eigenvalue weighted by molar-refractivity contribution is 9.10. The van der Waals surface area contributed by atoms with Gasteiger partial charge in [0, 0.05) is 10.7 Å². The lowest BCUT2D eigenvalue weighted by molar-refractivity contribution is 0.318. The third kappa shape index (κ3) is 2.78. The van der Waals surface area contributed by atoms with Gasteiger partial charge in [-0.2, -0.15) is 0 Å². The predicted molar refractivity (Wildman–Crippen MR) is 71.0 cm³/mol. The molecule has 0 aliphatic carbocycles. The minimum Gasteiger partial charge on any atom is -0.455 e. The van der Waals surface area contributed by atoms with Crippen molar-refractivity contribution in [3.8, 4) is 11.5 Å². The SMILES string of the molecule is N/C(=N/O)c1ccc(Br)cc1Oc1cccnc1. The van der Waals surface area contributed by atoms with Crippen LogP contribution in [-0.4, -0.2) is 16.0 Å². The largest absolute Gasteiger partial charge is 0.455 e. The van der Waals surface area contributed by atoms with Crippen LogP contribution >= 0.6 is 15.9 Å². The van der Waals surface area contributed by atoms with Gasteiger partial charge in [0.25, 0.3) is 0 Å². The summed E-state index contributed by atoms with van der Waals surface area (Å²) in [5.41, 5.74) is 6.09. The van der Waals surface area contributed by atoms with Crippen molar-refractivity contribution in [2.24, 2.45) is 10.9 Å². The molecule has 0 aliphatic heterocycles. The summed E-state index contributed by atoms with van der Waals surface area (Å²) in [6.45, 7) is 0. The van der Waals surface area contributed by atoms with Crippen LogP contribution in [0.4, 0.5) is 0 Å². The van der Waals surface area contributed by atoms with E-state index in [2.05, 4.69) is 26.1 Å². The fourth-order valence-corrected chi connectivity index (χ4v) is 1.72. The molecule has 0 spiro atoms. The molecule has 92 valence electrons. The van der Waals surface area contributed by atoms with Gasteiger partial charge in [0.05, 0.1) is 11.8 Å². The highest BCUT2D eigenvalue weighted by Crippen LogP contribution is 2.28. The van der Waals surface area contributed by atoms with Crippen molar-refractivity contribution in [1.82, 2.24) is 4.98 Å². The van der Waals surface area contributed by atoms with E-state index in [9.17, 15) is 0 Å². The second-order valence-corrected chi connectivity index (χ2v) is 4.33. The standard InChI is InChI=1S/C12H10BrN3O2/c13-8-3-4-10(12(14)16-17)11(6-8)18-9-2-1-5-15-7-9/h1-7,17H,(H2,14,16). The topological polar surface area (TPSA) is 80.7 Å². The van der Waals surface area contributed by atoms with Crippen LogP contribution in [0.3, 0.4) is 0 Å². The molecule has 0 saturated carbocycles. The Kier molecular flexibility index (Phi) is 3.78. The van der Waals surface area contributed by atoms with Gasteiger partial charge in [-0.05, 0) is 30.3 Å². The van der Waals surface area contributed by atoms with Gasteiger partial charge in [-0.3, -0.25) is 4.98 Å². The number of ether oxygens (including phenoxy) is 1. The average molecular weight is 308 g/mol.